The van der Waals surface area contributed by atoms with E-state index in [1.54, 1.807) is 4.72 Å². The number of nitrogens with zero attached hydrogens (tertiary/aromatic N) is 1. The van der Waals surface area contributed by atoms with Crippen molar-refractivity contribution >= 4 is 10.0 Å². The first-order chi connectivity index (χ1) is 12.5. The third kappa shape index (κ3) is 9.21. The molecule has 0 aromatic heterocycles. The number of alkyl halides is 10. The number of halogens is 10. The van der Waals surface area contributed by atoms with Crippen LogP contribution in [0.1, 0.15) is 19.3 Å². The number of sulfonamides is 1. The summed E-state index contributed by atoms with van der Waals surface area (Å²) >= 11 is 0. The zero-order valence-corrected chi connectivity index (χ0v) is 16.0. The zero-order valence-electron chi connectivity index (χ0n) is 15.2. The summed E-state index contributed by atoms with van der Waals surface area (Å²) in [4.78, 5) is 0. The highest BCUT2D eigenvalue weighted by Crippen LogP contribution is 2.52. The maximum atomic E-state index is 13.6. The standard InChI is InChI=1S/C13H20F10N2O3S/c1-25(2,26)6-3-5-24-29(27,28)7-4-9(11(15,16)17)8-10(14,12(18,19)20)13(21,22)23/h9,24H,3-8H2,1-2H3. The van der Waals surface area contributed by atoms with Gasteiger partial charge in [-0.1, -0.05) is 0 Å². The molecule has 176 valence electrons. The lowest BCUT2D eigenvalue weighted by molar-refractivity contribution is -0.840. The van der Waals surface area contributed by atoms with Crippen LogP contribution in [-0.2, 0) is 10.0 Å². The summed E-state index contributed by atoms with van der Waals surface area (Å²) < 4.78 is 152. The minimum Gasteiger partial charge on any atom is -0.633 e. The van der Waals surface area contributed by atoms with Crippen LogP contribution in [0.5, 0.6) is 0 Å². The molecule has 0 rings (SSSR count). The Bertz CT molecular complexity index is 609. The fraction of sp³-hybridized carbons (Fsp3) is 1.00. The molecule has 0 aliphatic rings. The first kappa shape index (κ1) is 28.1. The second-order valence-electron chi connectivity index (χ2n) is 6.89. The number of rotatable bonds is 10. The lowest BCUT2D eigenvalue weighted by atomic mass is 9.88. The average Bonchev–Trinajstić information content (AvgIpc) is 2.43. The number of hydroxylamine groups is 3. The van der Waals surface area contributed by atoms with Crippen LogP contribution in [0.3, 0.4) is 0 Å². The monoisotopic (exact) mass is 474 g/mol. The van der Waals surface area contributed by atoms with Crippen LogP contribution >= 0.6 is 0 Å². The van der Waals surface area contributed by atoms with Gasteiger partial charge >= 0.3 is 18.5 Å². The summed E-state index contributed by atoms with van der Waals surface area (Å²) in [6.07, 6.45) is -23.9. The normalized spacial score (nSPS) is 16.2. The molecule has 16 heteroatoms. The van der Waals surface area contributed by atoms with E-state index in [9.17, 15) is 57.5 Å². The maximum absolute atomic E-state index is 13.6. The fourth-order valence-electron chi connectivity index (χ4n) is 2.17. The van der Waals surface area contributed by atoms with E-state index in [-0.39, 0.29) is 19.5 Å². The Kier molecular flexibility index (Phi) is 8.82. The number of quaternary nitrogens is 1. The molecule has 1 N–H and O–H groups in total. The van der Waals surface area contributed by atoms with Crippen molar-refractivity contribution in [2.45, 2.75) is 43.5 Å². The first-order valence-electron chi connectivity index (χ1n) is 7.92. The molecule has 0 radical (unpaired) electrons. The lowest BCUT2D eigenvalue weighted by Crippen LogP contribution is -2.55. The van der Waals surface area contributed by atoms with Gasteiger partial charge in [-0.25, -0.2) is 17.5 Å². The number of hydrogen-bond donors (Lipinski definition) is 1. The molecule has 1 atom stereocenters. The lowest BCUT2D eigenvalue weighted by Gasteiger charge is -2.34. The molecular weight excluding hydrogens is 454 g/mol. The predicted molar refractivity (Wildman–Crippen MR) is 81.5 cm³/mol. The Hall–Kier alpha value is -0.870. The largest absolute Gasteiger partial charge is 0.633 e. The summed E-state index contributed by atoms with van der Waals surface area (Å²) in [6, 6.07) is 0. The van der Waals surface area contributed by atoms with Crippen molar-refractivity contribution in [2.24, 2.45) is 5.92 Å². The van der Waals surface area contributed by atoms with Crippen molar-refractivity contribution in [3.63, 3.8) is 0 Å². The smallest absolute Gasteiger partial charge is 0.431 e. The SMILES string of the molecule is C[N+](C)([O-])CCCNS(=O)(=O)CCC(CC(F)(C(F)(F)F)C(F)(F)F)C(F)(F)F. The van der Waals surface area contributed by atoms with Gasteiger partial charge in [0.2, 0.25) is 10.0 Å². The molecule has 29 heavy (non-hydrogen) atoms. The van der Waals surface area contributed by atoms with Crippen molar-refractivity contribution in [3.8, 4) is 0 Å². The van der Waals surface area contributed by atoms with E-state index in [2.05, 4.69) is 0 Å². The molecule has 0 saturated heterocycles. The van der Waals surface area contributed by atoms with Gasteiger partial charge in [0.05, 0.1) is 32.3 Å². The van der Waals surface area contributed by atoms with Crippen molar-refractivity contribution in [1.29, 1.82) is 0 Å². The minimum absolute atomic E-state index is 0.0336. The summed E-state index contributed by atoms with van der Waals surface area (Å²) in [7, 11) is -2.07. The molecule has 0 heterocycles. The Labute approximate surface area is 160 Å². The molecule has 5 nitrogen and oxygen atoms in total. The topological polar surface area (TPSA) is 69.2 Å². The third-order valence-corrected chi connectivity index (χ3v) is 5.24. The van der Waals surface area contributed by atoms with Crippen LogP contribution in [-0.4, -0.2) is 70.2 Å². The van der Waals surface area contributed by atoms with Gasteiger partial charge in [0.1, 0.15) is 0 Å². The van der Waals surface area contributed by atoms with Crippen molar-refractivity contribution in [2.75, 3.05) is 32.9 Å². The summed E-state index contributed by atoms with van der Waals surface area (Å²) in [6.45, 7) is -0.462. The second-order valence-corrected chi connectivity index (χ2v) is 8.82. The summed E-state index contributed by atoms with van der Waals surface area (Å²) in [5, 5.41) is 11.3. The van der Waals surface area contributed by atoms with Gasteiger partial charge in [-0.15, -0.1) is 0 Å². The van der Waals surface area contributed by atoms with Crippen LogP contribution in [0.2, 0.25) is 0 Å². The summed E-state index contributed by atoms with van der Waals surface area (Å²) in [5.41, 5.74) is -6.16. The molecule has 0 bridgehead atoms. The quantitative estimate of drug-likeness (QED) is 0.228. The summed E-state index contributed by atoms with van der Waals surface area (Å²) in [5.74, 6) is -5.01. The highest BCUT2D eigenvalue weighted by atomic mass is 32.2. The van der Waals surface area contributed by atoms with Gasteiger partial charge in [0, 0.05) is 19.4 Å². The third-order valence-electron chi connectivity index (χ3n) is 3.82. The molecule has 0 spiro atoms. The van der Waals surface area contributed by atoms with Crippen molar-refractivity contribution < 1.29 is 57.0 Å². The highest BCUT2D eigenvalue weighted by molar-refractivity contribution is 7.89. The van der Waals surface area contributed by atoms with E-state index in [1.807, 2.05) is 0 Å². The van der Waals surface area contributed by atoms with Gasteiger partial charge in [-0.2, -0.15) is 39.5 Å². The minimum atomic E-state index is -6.69. The van der Waals surface area contributed by atoms with Crippen LogP contribution in [0.4, 0.5) is 43.9 Å². The van der Waals surface area contributed by atoms with Gasteiger partial charge < -0.3 is 9.85 Å². The molecule has 0 fully saturated rings. The van der Waals surface area contributed by atoms with E-state index in [4.69, 9.17) is 0 Å². The Morgan fingerprint density at radius 1 is 0.931 bits per heavy atom. The van der Waals surface area contributed by atoms with Gasteiger partial charge in [0.25, 0.3) is 5.67 Å². The molecule has 0 aromatic rings. The van der Waals surface area contributed by atoms with Crippen molar-refractivity contribution in [3.05, 3.63) is 5.21 Å². The number of nitrogens with one attached hydrogen (secondary N) is 1. The van der Waals surface area contributed by atoms with Crippen LogP contribution in [0, 0.1) is 11.1 Å². The molecule has 0 aliphatic carbocycles. The van der Waals surface area contributed by atoms with E-state index >= 15 is 0 Å². The first-order valence-corrected chi connectivity index (χ1v) is 9.57. The van der Waals surface area contributed by atoms with E-state index < -0.39 is 63.4 Å². The molecule has 0 aromatic carbocycles. The van der Waals surface area contributed by atoms with Crippen LogP contribution in [0.25, 0.3) is 0 Å². The molecule has 0 saturated carbocycles. The maximum Gasteiger partial charge on any atom is 0.431 e. The zero-order chi connectivity index (χ0) is 23.5. The Balaban J connectivity index is 5.25. The average molecular weight is 474 g/mol. The second kappa shape index (κ2) is 9.09. The van der Waals surface area contributed by atoms with Gasteiger partial charge in [-0.3, -0.25) is 0 Å². The number of hydrogen-bond acceptors (Lipinski definition) is 3. The Morgan fingerprint density at radius 3 is 1.72 bits per heavy atom. The fourth-order valence-corrected chi connectivity index (χ4v) is 3.36. The predicted octanol–water partition coefficient (Wildman–Crippen LogP) is 3.66. The van der Waals surface area contributed by atoms with Crippen molar-refractivity contribution in [1.82, 2.24) is 4.72 Å². The van der Waals surface area contributed by atoms with Crippen LogP contribution in [0.15, 0.2) is 0 Å². The molecule has 0 amide bonds. The molecule has 1 unspecified atom stereocenters. The Morgan fingerprint density at radius 2 is 1.38 bits per heavy atom. The molecule has 0 aliphatic heterocycles. The van der Waals surface area contributed by atoms with E-state index in [1.165, 1.54) is 14.1 Å². The van der Waals surface area contributed by atoms with Crippen LogP contribution < -0.4 is 4.72 Å². The highest BCUT2D eigenvalue weighted by Gasteiger charge is 2.73. The molecular formula is C13H20F10N2O3S. The van der Waals surface area contributed by atoms with Gasteiger partial charge in [-0.05, 0) is 6.42 Å². The van der Waals surface area contributed by atoms with E-state index in [0.29, 0.717) is 0 Å². The van der Waals surface area contributed by atoms with E-state index in [0.717, 1.165) is 0 Å². The van der Waals surface area contributed by atoms with Gasteiger partial charge in [0.15, 0.2) is 0 Å².